The number of benzene rings is 1. The predicted octanol–water partition coefficient (Wildman–Crippen LogP) is 1.78. The Balaban J connectivity index is 0.00000220. The number of ether oxygens (including phenoxy) is 1. The summed E-state index contributed by atoms with van der Waals surface area (Å²) in [5, 5.41) is 0. The normalized spacial score (nSPS) is 22.9. The number of rotatable bonds is 4. The van der Waals surface area contributed by atoms with E-state index in [4.69, 9.17) is 10.5 Å². The first kappa shape index (κ1) is 18.2. The molecule has 1 saturated heterocycles. The monoisotopic (exact) mass is 334 g/mol. The third-order valence-electron chi connectivity index (χ3n) is 4.02. The molecule has 1 fully saturated rings. The molecular weight excluding hydrogens is 312 g/mol. The maximum atomic E-state index is 12.6. The lowest BCUT2D eigenvalue weighted by atomic mass is 9.90. The van der Waals surface area contributed by atoms with Gasteiger partial charge in [0.1, 0.15) is 5.75 Å². The summed E-state index contributed by atoms with van der Waals surface area (Å²) in [4.78, 5) is 0.317. The molecule has 1 unspecified atom stereocenters. The van der Waals surface area contributed by atoms with Crippen molar-refractivity contribution in [2.75, 3.05) is 26.7 Å². The van der Waals surface area contributed by atoms with E-state index >= 15 is 0 Å². The van der Waals surface area contributed by atoms with Crippen molar-refractivity contribution < 1.29 is 13.2 Å². The number of hydrogen-bond acceptors (Lipinski definition) is 4. The number of sulfonamides is 1. The molecule has 1 heterocycles. The number of aryl methyl sites for hydroxylation is 1. The van der Waals surface area contributed by atoms with E-state index in [0.717, 1.165) is 12.0 Å². The summed E-state index contributed by atoms with van der Waals surface area (Å²) in [6, 6.07) is 4.95. The standard InChI is InChI=1S/C14H22N2O3S.ClH/c1-11-8-12(4-5-13(11)19-3)20(17,18)16-7-6-14(2,9-15)10-16;/h4-5,8H,6-7,9-10,15H2,1-3H3;1H. The molecule has 1 aromatic rings. The molecule has 21 heavy (non-hydrogen) atoms. The van der Waals surface area contributed by atoms with Gasteiger partial charge in [0.15, 0.2) is 0 Å². The van der Waals surface area contributed by atoms with E-state index in [1.165, 1.54) is 4.31 Å². The predicted molar refractivity (Wildman–Crippen MR) is 85.5 cm³/mol. The summed E-state index contributed by atoms with van der Waals surface area (Å²) >= 11 is 0. The van der Waals surface area contributed by atoms with Gasteiger partial charge in [-0.05, 0) is 49.1 Å². The van der Waals surface area contributed by atoms with Crippen molar-refractivity contribution in [2.24, 2.45) is 11.1 Å². The minimum atomic E-state index is -3.45. The Morgan fingerprint density at radius 2 is 2.10 bits per heavy atom. The van der Waals surface area contributed by atoms with Gasteiger partial charge in [-0.25, -0.2) is 8.42 Å². The summed E-state index contributed by atoms with van der Waals surface area (Å²) in [6.45, 7) is 5.38. The van der Waals surface area contributed by atoms with Gasteiger partial charge in [-0.3, -0.25) is 0 Å². The zero-order valence-electron chi connectivity index (χ0n) is 12.6. The van der Waals surface area contributed by atoms with Crippen molar-refractivity contribution in [3.05, 3.63) is 23.8 Å². The van der Waals surface area contributed by atoms with Gasteiger partial charge in [0.25, 0.3) is 0 Å². The van der Waals surface area contributed by atoms with Crippen LogP contribution >= 0.6 is 12.4 Å². The Hall–Kier alpha value is -0.820. The minimum absolute atomic E-state index is 0. The second kappa shape index (κ2) is 6.52. The lowest BCUT2D eigenvalue weighted by Crippen LogP contribution is -2.34. The van der Waals surface area contributed by atoms with E-state index in [1.807, 2.05) is 13.8 Å². The number of halogens is 1. The molecule has 1 aliphatic heterocycles. The Bertz CT molecular complexity index is 606. The van der Waals surface area contributed by atoms with Crippen LogP contribution in [0.25, 0.3) is 0 Å². The Morgan fingerprint density at radius 3 is 2.57 bits per heavy atom. The van der Waals surface area contributed by atoms with Crippen molar-refractivity contribution in [1.29, 1.82) is 0 Å². The minimum Gasteiger partial charge on any atom is -0.496 e. The lowest BCUT2D eigenvalue weighted by Gasteiger charge is -2.22. The van der Waals surface area contributed by atoms with Crippen molar-refractivity contribution in [1.82, 2.24) is 4.31 Å². The van der Waals surface area contributed by atoms with Crippen LogP contribution in [-0.2, 0) is 10.0 Å². The second-order valence-corrected chi connectivity index (χ2v) is 7.67. The lowest BCUT2D eigenvalue weighted by molar-refractivity contribution is 0.349. The molecule has 0 saturated carbocycles. The largest absolute Gasteiger partial charge is 0.496 e. The van der Waals surface area contributed by atoms with Gasteiger partial charge in [0.05, 0.1) is 12.0 Å². The molecular formula is C14H23ClN2O3S. The molecule has 0 bridgehead atoms. The molecule has 0 radical (unpaired) electrons. The van der Waals surface area contributed by atoms with Crippen LogP contribution in [0, 0.1) is 12.3 Å². The van der Waals surface area contributed by atoms with Gasteiger partial charge in [-0.1, -0.05) is 6.92 Å². The van der Waals surface area contributed by atoms with Crippen LogP contribution in [0.1, 0.15) is 18.9 Å². The van der Waals surface area contributed by atoms with Gasteiger partial charge in [0, 0.05) is 13.1 Å². The van der Waals surface area contributed by atoms with Gasteiger partial charge in [-0.2, -0.15) is 4.31 Å². The van der Waals surface area contributed by atoms with Gasteiger partial charge in [0.2, 0.25) is 10.0 Å². The van der Waals surface area contributed by atoms with Crippen LogP contribution in [0.3, 0.4) is 0 Å². The number of hydrogen-bond donors (Lipinski definition) is 1. The molecule has 1 aliphatic rings. The first-order chi connectivity index (χ1) is 9.32. The number of nitrogens with two attached hydrogens (primary N) is 1. The van der Waals surface area contributed by atoms with Gasteiger partial charge in [-0.15, -0.1) is 12.4 Å². The molecule has 0 spiro atoms. The van der Waals surface area contributed by atoms with E-state index in [2.05, 4.69) is 0 Å². The summed E-state index contributed by atoms with van der Waals surface area (Å²) < 4.78 is 32.0. The third-order valence-corrected chi connectivity index (χ3v) is 5.86. The Labute approximate surface area is 132 Å². The van der Waals surface area contributed by atoms with Crippen LogP contribution < -0.4 is 10.5 Å². The van der Waals surface area contributed by atoms with Crippen LogP contribution in [-0.4, -0.2) is 39.5 Å². The molecule has 0 aliphatic carbocycles. The van der Waals surface area contributed by atoms with Gasteiger partial charge >= 0.3 is 0 Å². The fourth-order valence-corrected chi connectivity index (χ4v) is 4.19. The highest BCUT2D eigenvalue weighted by molar-refractivity contribution is 7.89. The zero-order chi connectivity index (χ0) is 15.0. The topological polar surface area (TPSA) is 72.6 Å². The molecule has 1 atom stereocenters. The smallest absolute Gasteiger partial charge is 0.243 e. The average Bonchev–Trinajstić information content (AvgIpc) is 2.83. The molecule has 0 aromatic heterocycles. The fraction of sp³-hybridized carbons (Fsp3) is 0.571. The number of nitrogens with zero attached hydrogens (tertiary/aromatic N) is 1. The van der Waals surface area contributed by atoms with E-state index in [1.54, 1.807) is 25.3 Å². The van der Waals surface area contributed by atoms with E-state index in [9.17, 15) is 8.42 Å². The first-order valence-corrected chi connectivity index (χ1v) is 8.11. The van der Waals surface area contributed by atoms with E-state index in [-0.39, 0.29) is 17.8 Å². The van der Waals surface area contributed by atoms with Crippen LogP contribution in [0.2, 0.25) is 0 Å². The van der Waals surface area contributed by atoms with Crippen LogP contribution in [0.4, 0.5) is 0 Å². The first-order valence-electron chi connectivity index (χ1n) is 6.67. The molecule has 0 amide bonds. The quantitative estimate of drug-likeness (QED) is 0.911. The van der Waals surface area contributed by atoms with Crippen LogP contribution in [0.15, 0.2) is 23.1 Å². The summed E-state index contributed by atoms with van der Waals surface area (Å²) in [7, 11) is -1.87. The molecule has 120 valence electrons. The highest BCUT2D eigenvalue weighted by Gasteiger charge is 2.39. The fourth-order valence-electron chi connectivity index (χ4n) is 2.51. The molecule has 2 rings (SSSR count). The summed E-state index contributed by atoms with van der Waals surface area (Å²) in [5.74, 6) is 0.692. The van der Waals surface area contributed by atoms with Crippen molar-refractivity contribution in [3.63, 3.8) is 0 Å². The van der Waals surface area contributed by atoms with Crippen molar-refractivity contribution in [3.8, 4) is 5.75 Å². The van der Waals surface area contributed by atoms with Gasteiger partial charge < -0.3 is 10.5 Å². The average molecular weight is 335 g/mol. The molecule has 5 nitrogen and oxygen atoms in total. The third kappa shape index (κ3) is 3.51. The maximum absolute atomic E-state index is 12.6. The summed E-state index contributed by atoms with van der Waals surface area (Å²) in [6.07, 6.45) is 0.803. The highest BCUT2D eigenvalue weighted by Crippen LogP contribution is 2.33. The maximum Gasteiger partial charge on any atom is 0.243 e. The number of methoxy groups -OCH3 is 1. The van der Waals surface area contributed by atoms with E-state index < -0.39 is 10.0 Å². The Kier molecular flexibility index (Phi) is 5.66. The Morgan fingerprint density at radius 1 is 1.43 bits per heavy atom. The molecule has 7 heteroatoms. The SMILES string of the molecule is COc1ccc(S(=O)(=O)N2CCC(C)(CN)C2)cc1C.Cl. The second-order valence-electron chi connectivity index (χ2n) is 5.73. The van der Waals surface area contributed by atoms with E-state index in [0.29, 0.717) is 30.3 Å². The highest BCUT2D eigenvalue weighted by atomic mass is 35.5. The van der Waals surface area contributed by atoms with Crippen molar-refractivity contribution in [2.45, 2.75) is 25.2 Å². The van der Waals surface area contributed by atoms with Crippen LogP contribution in [0.5, 0.6) is 5.75 Å². The summed E-state index contributed by atoms with van der Waals surface area (Å²) in [5.41, 5.74) is 6.43. The molecule has 2 N–H and O–H groups in total. The zero-order valence-corrected chi connectivity index (χ0v) is 14.3. The van der Waals surface area contributed by atoms with Crippen molar-refractivity contribution >= 4 is 22.4 Å². The molecule has 1 aromatic carbocycles.